The van der Waals surface area contributed by atoms with Gasteiger partial charge in [0.05, 0.1) is 11.7 Å². The van der Waals surface area contributed by atoms with Crippen molar-refractivity contribution in [2.75, 3.05) is 19.0 Å². The van der Waals surface area contributed by atoms with Crippen LogP contribution in [0, 0.1) is 0 Å². The van der Waals surface area contributed by atoms with Gasteiger partial charge in [-0.1, -0.05) is 66.7 Å². The largest absolute Gasteiger partial charge is 0.324 e. The summed E-state index contributed by atoms with van der Waals surface area (Å²) < 4.78 is 0. The van der Waals surface area contributed by atoms with E-state index in [2.05, 4.69) is 18.2 Å². The molecule has 3 aromatic carbocycles. The summed E-state index contributed by atoms with van der Waals surface area (Å²) in [4.78, 5) is 16.5. The van der Waals surface area contributed by atoms with E-state index in [9.17, 15) is 4.79 Å². The lowest BCUT2D eigenvalue weighted by Crippen LogP contribution is -2.40. The van der Waals surface area contributed by atoms with E-state index < -0.39 is 0 Å². The van der Waals surface area contributed by atoms with Crippen molar-refractivity contribution in [3.05, 3.63) is 78.4 Å². The molecule has 0 aliphatic rings. The van der Waals surface area contributed by atoms with E-state index in [0.717, 1.165) is 22.0 Å². The minimum absolute atomic E-state index is 0.0103. The van der Waals surface area contributed by atoms with E-state index in [-0.39, 0.29) is 12.1 Å². The average Bonchev–Trinajstić information content (AvgIpc) is 2.66. The fourth-order valence-corrected chi connectivity index (χ4v) is 2.96. The molecule has 3 nitrogen and oxygen atoms in total. The van der Waals surface area contributed by atoms with Crippen LogP contribution < -0.4 is 4.90 Å². The maximum Gasteiger partial charge on any atom is 0.324 e. The zero-order valence-electron chi connectivity index (χ0n) is 14.3. The van der Waals surface area contributed by atoms with Crippen LogP contribution in [0.25, 0.3) is 10.8 Å². The predicted octanol–water partition coefficient (Wildman–Crippen LogP) is 5.09. The zero-order valence-corrected chi connectivity index (χ0v) is 14.3. The molecule has 0 N–H and O–H groups in total. The van der Waals surface area contributed by atoms with E-state index in [1.54, 1.807) is 9.80 Å². The highest BCUT2D eigenvalue weighted by atomic mass is 16.2. The van der Waals surface area contributed by atoms with Crippen LogP contribution in [0.1, 0.15) is 18.5 Å². The number of benzene rings is 3. The van der Waals surface area contributed by atoms with Crippen molar-refractivity contribution in [1.29, 1.82) is 0 Å². The van der Waals surface area contributed by atoms with Crippen LogP contribution in [-0.4, -0.2) is 25.0 Å². The second-order valence-corrected chi connectivity index (χ2v) is 6.04. The molecule has 0 aliphatic carbocycles. The first kappa shape index (κ1) is 16.1. The Morgan fingerprint density at radius 1 is 0.833 bits per heavy atom. The van der Waals surface area contributed by atoms with Crippen molar-refractivity contribution in [2.45, 2.75) is 13.0 Å². The van der Waals surface area contributed by atoms with Crippen LogP contribution in [0.4, 0.5) is 10.5 Å². The highest BCUT2D eigenvalue weighted by molar-refractivity contribution is 6.02. The van der Waals surface area contributed by atoms with Crippen molar-refractivity contribution in [3.8, 4) is 0 Å². The van der Waals surface area contributed by atoms with Gasteiger partial charge in [-0.15, -0.1) is 0 Å². The van der Waals surface area contributed by atoms with Gasteiger partial charge in [0, 0.05) is 19.5 Å². The average molecular weight is 318 g/mol. The van der Waals surface area contributed by atoms with Crippen LogP contribution in [0.2, 0.25) is 0 Å². The first-order valence-corrected chi connectivity index (χ1v) is 8.13. The van der Waals surface area contributed by atoms with Crippen molar-refractivity contribution < 1.29 is 4.79 Å². The van der Waals surface area contributed by atoms with Crippen molar-refractivity contribution in [2.24, 2.45) is 0 Å². The van der Waals surface area contributed by atoms with Crippen LogP contribution in [0.5, 0.6) is 0 Å². The van der Waals surface area contributed by atoms with Gasteiger partial charge in [-0.3, -0.25) is 4.90 Å². The maximum atomic E-state index is 13.0. The third kappa shape index (κ3) is 2.98. The molecule has 0 aliphatic heterocycles. The molecule has 0 fully saturated rings. The van der Waals surface area contributed by atoms with Gasteiger partial charge < -0.3 is 4.90 Å². The molecule has 3 heteroatoms. The third-order valence-corrected chi connectivity index (χ3v) is 4.58. The Bertz CT molecular complexity index is 839. The summed E-state index contributed by atoms with van der Waals surface area (Å²) in [7, 11) is 3.68. The lowest BCUT2D eigenvalue weighted by Gasteiger charge is -2.30. The first-order chi connectivity index (χ1) is 11.6. The summed E-state index contributed by atoms with van der Waals surface area (Å²) in [5, 5.41) is 2.21. The molecule has 0 saturated heterocycles. The van der Waals surface area contributed by atoms with Gasteiger partial charge in [-0.05, 0) is 23.9 Å². The highest BCUT2D eigenvalue weighted by Crippen LogP contribution is 2.28. The minimum Gasteiger partial charge on any atom is -0.321 e. The second-order valence-electron chi connectivity index (χ2n) is 6.04. The van der Waals surface area contributed by atoms with E-state index in [4.69, 9.17) is 0 Å². The molecule has 3 rings (SSSR count). The van der Waals surface area contributed by atoms with E-state index in [1.165, 1.54) is 0 Å². The topological polar surface area (TPSA) is 23.6 Å². The lowest BCUT2D eigenvalue weighted by atomic mass is 10.1. The molecular weight excluding hydrogens is 296 g/mol. The Kier molecular flexibility index (Phi) is 4.52. The molecule has 2 amide bonds. The summed E-state index contributed by atoms with van der Waals surface area (Å²) in [6, 6.07) is 24.2. The van der Waals surface area contributed by atoms with Crippen LogP contribution >= 0.6 is 0 Å². The SMILES string of the molecule is C[C@@H](c1ccccc1)N(C)C(=O)N(C)c1cccc2ccccc12. The van der Waals surface area contributed by atoms with E-state index in [0.29, 0.717) is 0 Å². The second kappa shape index (κ2) is 6.75. The number of hydrogen-bond acceptors (Lipinski definition) is 1. The summed E-state index contributed by atoms with van der Waals surface area (Å²) in [5.41, 5.74) is 2.05. The fraction of sp³-hybridized carbons (Fsp3) is 0.190. The number of hydrogen-bond donors (Lipinski definition) is 0. The van der Waals surface area contributed by atoms with Crippen molar-refractivity contribution >= 4 is 22.5 Å². The number of rotatable bonds is 3. The molecule has 0 heterocycles. The molecule has 0 saturated carbocycles. The van der Waals surface area contributed by atoms with E-state index >= 15 is 0 Å². The molecular formula is C21H22N2O. The van der Waals surface area contributed by atoms with Gasteiger partial charge in [0.2, 0.25) is 0 Å². The lowest BCUT2D eigenvalue weighted by molar-refractivity contribution is 0.202. The summed E-state index contributed by atoms with van der Waals surface area (Å²) in [6.07, 6.45) is 0. The highest BCUT2D eigenvalue weighted by Gasteiger charge is 2.22. The Balaban J connectivity index is 1.88. The predicted molar refractivity (Wildman–Crippen MR) is 100 cm³/mol. The van der Waals surface area contributed by atoms with Gasteiger partial charge >= 0.3 is 6.03 Å². The third-order valence-electron chi connectivity index (χ3n) is 4.58. The van der Waals surface area contributed by atoms with Gasteiger partial charge in [0.15, 0.2) is 0 Å². The van der Waals surface area contributed by atoms with Crippen LogP contribution in [0.3, 0.4) is 0 Å². The van der Waals surface area contributed by atoms with Gasteiger partial charge in [0.25, 0.3) is 0 Å². The number of carbonyl (C=O) groups excluding carboxylic acids is 1. The normalized spacial score (nSPS) is 12.0. The quantitative estimate of drug-likeness (QED) is 0.660. The summed E-state index contributed by atoms with van der Waals surface area (Å²) in [5.74, 6) is 0. The number of fused-ring (bicyclic) bond motifs is 1. The molecule has 1 atom stereocenters. The Morgan fingerprint density at radius 2 is 1.46 bits per heavy atom. The first-order valence-electron chi connectivity index (χ1n) is 8.13. The van der Waals surface area contributed by atoms with Gasteiger partial charge in [-0.2, -0.15) is 0 Å². The Hall–Kier alpha value is -2.81. The van der Waals surface area contributed by atoms with Gasteiger partial charge in [-0.25, -0.2) is 4.79 Å². The number of anilines is 1. The van der Waals surface area contributed by atoms with Crippen LogP contribution in [0.15, 0.2) is 72.8 Å². The number of amides is 2. The summed E-state index contributed by atoms with van der Waals surface area (Å²) in [6.45, 7) is 2.05. The minimum atomic E-state index is -0.0253. The monoisotopic (exact) mass is 318 g/mol. The van der Waals surface area contributed by atoms with Crippen molar-refractivity contribution in [1.82, 2.24) is 4.90 Å². The van der Waals surface area contributed by atoms with Gasteiger partial charge in [0.1, 0.15) is 0 Å². The zero-order chi connectivity index (χ0) is 17.1. The molecule has 0 unspecified atom stereocenters. The molecule has 122 valence electrons. The smallest absolute Gasteiger partial charge is 0.321 e. The molecule has 0 bridgehead atoms. The Morgan fingerprint density at radius 3 is 2.21 bits per heavy atom. The molecule has 24 heavy (non-hydrogen) atoms. The standard InChI is InChI=1S/C21H22N2O/c1-16(17-10-5-4-6-11-17)22(2)21(24)23(3)20-15-9-13-18-12-7-8-14-19(18)20/h4-16H,1-3H3/t16-/m0/s1. The molecule has 0 radical (unpaired) electrons. The molecule has 0 aromatic heterocycles. The number of nitrogens with zero attached hydrogens (tertiary/aromatic N) is 2. The van der Waals surface area contributed by atoms with Crippen molar-refractivity contribution in [3.63, 3.8) is 0 Å². The van der Waals surface area contributed by atoms with E-state index in [1.807, 2.05) is 75.6 Å². The summed E-state index contributed by atoms with van der Waals surface area (Å²) >= 11 is 0. The number of carbonyl (C=O) groups is 1. The maximum absolute atomic E-state index is 13.0. The number of urea groups is 1. The molecule has 0 spiro atoms. The Labute approximate surface area is 143 Å². The fourth-order valence-electron chi connectivity index (χ4n) is 2.96. The molecule has 3 aromatic rings. The van der Waals surface area contributed by atoms with Crippen LogP contribution in [-0.2, 0) is 0 Å².